The SMILES string of the molecule is CSCC1(C)OC(c2ccccc2)=Nc2ccccc21. The fraction of sp³-hybridized carbons (Fsp3) is 0.235. The minimum atomic E-state index is -0.330. The Morgan fingerprint density at radius 1 is 1.05 bits per heavy atom. The molecule has 0 bridgehead atoms. The van der Waals surface area contributed by atoms with Crippen LogP contribution in [0.2, 0.25) is 0 Å². The molecule has 1 atom stereocenters. The summed E-state index contributed by atoms with van der Waals surface area (Å²) in [6.45, 7) is 2.14. The van der Waals surface area contributed by atoms with E-state index in [9.17, 15) is 0 Å². The van der Waals surface area contributed by atoms with Crippen molar-refractivity contribution in [2.75, 3.05) is 12.0 Å². The third-order valence-electron chi connectivity index (χ3n) is 3.46. The van der Waals surface area contributed by atoms with E-state index < -0.39 is 0 Å². The first-order valence-corrected chi connectivity index (χ1v) is 8.04. The van der Waals surface area contributed by atoms with E-state index in [0.717, 1.165) is 22.6 Å². The van der Waals surface area contributed by atoms with Crippen LogP contribution in [0, 0.1) is 0 Å². The fourth-order valence-corrected chi connectivity index (χ4v) is 3.27. The molecular weight excluding hydrogens is 266 g/mol. The summed E-state index contributed by atoms with van der Waals surface area (Å²) in [6, 6.07) is 18.3. The summed E-state index contributed by atoms with van der Waals surface area (Å²) >= 11 is 1.79. The van der Waals surface area contributed by atoms with Crippen molar-refractivity contribution >= 4 is 23.3 Å². The number of rotatable bonds is 3. The van der Waals surface area contributed by atoms with Crippen LogP contribution in [0.4, 0.5) is 5.69 Å². The van der Waals surface area contributed by atoms with Gasteiger partial charge in [0.1, 0.15) is 5.60 Å². The molecule has 0 aromatic heterocycles. The zero-order chi connectivity index (χ0) is 14.0. The molecule has 0 fully saturated rings. The van der Waals surface area contributed by atoms with Crippen LogP contribution >= 0.6 is 11.8 Å². The lowest BCUT2D eigenvalue weighted by molar-refractivity contribution is 0.0967. The predicted octanol–water partition coefficient (Wildman–Crippen LogP) is 4.37. The molecule has 0 saturated carbocycles. The number of para-hydroxylation sites is 1. The van der Waals surface area contributed by atoms with Crippen LogP contribution in [0.1, 0.15) is 18.1 Å². The van der Waals surface area contributed by atoms with E-state index in [2.05, 4.69) is 30.3 Å². The van der Waals surface area contributed by atoms with E-state index in [-0.39, 0.29) is 5.60 Å². The van der Waals surface area contributed by atoms with E-state index in [4.69, 9.17) is 4.74 Å². The molecule has 3 heteroatoms. The van der Waals surface area contributed by atoms with Crippen LogP contribution in [-0.2, 0) is 10.3 Å². The van der Waals surface area contributed by atoms with Gasteiger partial charge in [0, 0.05) is 16.9 Å². The summed E-state index contributed by atoms with van der Waals surface area (Å²) < 4.78 is 6.26. The van der Waals surface area contributed by atoms with Gasteiger partial charge in [-0.05, 0) is 31.4 Å². The van der Waals surface area contributed by atoms with Gasteiger partial charge in [-0.2, -0.15) is 11.8 Å². The Labute approximate surface area is 123 Å². The Kier molecular flexibility index (Phi) is 3.53. The van der Waals surface area contributed by atoms with Gasteiger partial charge in [-0.25, -0.2) is 4.99 Å². The van der Waals surface area contributed by atoms with Gasteiger partial charge in [0.25, 0.3) is 0 Å². The number of thioether (sulfide) groups is 1. The molecule has 3 rings (SSSR count). The van der Waals surface area contributed by atoms with Crippen molar-refractivity contribution in [3.63, 3.8) is 0 Å². The van der Waals surface area contributed by atoms with E-state index in [1.54, 1.807) is 11.8 Å². The predicted molar refractivity (Wildman–Crippen MR) is 85.9 cm³/mol. The van der Waals surface area contributed by atoms with Crippen molar-refractivity contribution in [2.24, 2.45) is 4.99 Å². The van der Waals surface area contributed by atoms with Crippen molar-refractivity contribution in [3.8, 4) is 0 Å². The van der Waals surface area contributed by atoms with Crippen LogP contribution in [0.25, 0.3) is 0 Å². The zero-order valence-electron chi connectivity index (χ0n) is 11.7. The van der Waals surface area contributed by atoms with Gasteiger partial charge in [0.15, 0.2) is 0 Å². The lowest BCUT2D eigenvalue weighted by atomic mass is 9.94. The van der Waals surface area contributed by atoms with Gasteiger partial charge in [0.2, 0.25) is 5.90 Å². The van der Waals surface area contributed by atoms with Crippen LogP contribution in [0.3, 0.4) is 0 Å². The van der Waals surface area contributed by atoms with Gasteiger partial charge in [-0.3, -0.25) is 0 Å². The summed E-state index contributed by atoms with van der Waals surface area (Å²) in [5.74, 6) is 1.61. The summed E-state index contributed by atoms with van der Waals surface area (Å²) in [5.41, 5.74) is 2.86. The monoisotopic (exact) mass is 283 g/mol. The third kappa shape index (κ3) is 2.34. The highest BCUT2D eigenvalue weighted by molar-refractivity contribution is 7.98. The minimum Gasteiger partial charge on any atom is -0.465 e. The molecule has 1 aliphatic rings. The second kappa shape index (κ2) is 5.33. The van der Waals surface area contributed by atoms with Crippen molar-refractivity contribution in [2.45, 2.75) is 12.5 Å². The van der Waals surface area contributed by atoms with E-state index in [1.165, 1.54) is 0 Å². The third-order valence-corrected chi connectivity index (χ3v) is 4.30. The minimum absolute atomic E-state index is 0.330. The maximum atomic E-state index is 6.26. The standard InChI is InChI=1S/C17H17NOS/c1-17(12-20-2)14-10-6-7-11-15(14)18-16(19-17)13-8-4-3-5-9-13/h3-11H,12H2,1-2H3. The number of fused-ring (bicyclic) bond motifs is 1. The molecule has 0 saturated heterocycles. The molecule has 20 heavy (non-hydrogen) atoms. The molecule has 0 amide bonds. The van der Waals surface area contributed by atoms with Crippen molar-refractivity contribution in [1.82, 2.24) is 0 Å². The highest BCUT2D eigenvalue weighted by atomic mass is 32.2. The summed E-state index contributed by atoms with van der Waals surface area (Å²) in [5, 5.41) is 0. The van der Waals surface area contributed by atoms with Crippen molar-refractivity contribution in [1.29, 1.82) is 0 Å². The molecule has 0 radical (unpaired) electrons. The highest BCUT2D eigenvalue weighted by Crippen LogP contribution is 2.40. The van der Waals surface area contributed by atoms with Crippen LogP contribution in [0.15, 0.2) is 59.6 Å². The molecule has 1 aliphatic heterocycles. The Morgan fingerprint density at radius 2 is 1.75 bits per heavy atom. The Morgan fingerprint density at radius 3 is 2.50 bits per heavy atom. The fourth-order valence-electron chi connectivity index (χ4n) is 2.51. The van der Waals surface area contributed by atoms with Gasteiger partial charge >= 0.3 is 0 Å². The average molecular weight is 283 g/mol. The van der Waals surface area contributed by atoms with Crippen LogP contribution in [-0.4, -0.2) is 17.9 Å². The summed E-state index contributed by atoms with van der Waals surface area (Å²) in [7, 11) is 0. The number of hydrogen-bond donors (Lipinski definition) is 0. The second-order valence-corrected chi connectivity index (χ2v) is 5.93. The van der Waals surface area contributed by atoms with Crippen LogP contribution in [0.5, 0.6) is 0 Å². The Balaban J connectivity index is 2.10. The largest absolute Gasteiger partial charge is 0.465 e. The Bertz CT molecular complexity index is 638. The van der Waals surface area contributed by atoms with E-state index >= 15 is 0 Å². The van der Waals surface area contributed by atoms with Gasteiger partial charge in [0.05, 0.1) is 5.69 Å². The molecule has 2 aromatic rings. The van der Waals surface area contributed by atoms with Gasteiger partial charge in [-0.1, -0.05) is 36.4 Å². The van der Waals surface area contributed by atoms with Crippen molar-refractivity contribution in [3.05, 3.63) is 65.7 Å². The molecule has 1 heterocycles. The molecule has 1 unspecified atom stereocenters. The Hall–Kier alpha value is -1.74. The van der Waals surface area contributed by atoms with Gasteiger partial charge < -0.3 is 4.74 Å². The first kappa shape index (κ1) is 13.3. The van der Waals surface area contributed by atoms with Crippen LogP contribution < -0.4 is 0 Å². The molecule has 0 N–H and O–H groups in total. The maximum absolute atomic E-state index is 6.26. The maximum Gasteiger partial charge on any atom is 0.222 e. The molecular formula is C17H17NOS. The molecule has 2 aromatic carbocycles. The number of ether oxygens (including phenoxy) is 1. The second-order valence-electron chi connectivity index (χ2n) is 5.07. The number of aliphatic imine (C=N–C) groups is 1. The first-order chi connectivity index (χ1) is 9.73. The summed E-state index contributed by atoms with van der Waals surface area (Å²) in [4.78, 5) is 4.68. The van der Waals surface area contributed by atoms with E-state index in [0.29, 0.717) is 5.90 Å². The summed E-state index contributed by atoms with van der Waals surface area (Å²) in [6.07, 6.45) is 2.10. The lowest BCUT2D eigenvalue weighted by Crippen LogP contribution is -2.34. The highest BCUT2D eigenvalue weighted by Gasteiger charge is 2.35. The molecule has 0 aliphatic carbocycles. The number of benzene rings is 2. The molecule has 102 valence electrons. The zero-order valence-corrected chi connectivity index (χ0v) is 12.5. The van der Waals surface area contributed by atoms with Crippen molar-refractivity contribution < 1.29 is 4.74 Å². The lowest BCUT2D eigenvalue weighted by Gasteiger charge is -2.35. The quantitative estimate of drug-likeness (QED) is 0.834. The van der Waals surface area contributed by atoms with Gasteiger partial charge in [-0.15, -0.1) is 0 Å². The topological polar surface area (TPSA) is 21.6 Å². The molecule has 2 nitrogen and oxygen atoms in total. The molecule has 0 spiro atoms. The number of hydrogen-bond acceptors (Lipinski definition) is 3. The smallest absolute Gasteiger partial charge is 0.222 e. The number of nitrogens with zero attached hydrogens (tertiary/aromatic N) is 1. The normalized spacial score (nSPS) is 20.8. The van der Waals surface area contributed by atoms with E-state index in [1.807, 2.05) is 42.5 Å². The average Bonchev–Trinajstić information content (AvgIpc) is 2.48. The first-order valence-electron chi connectivity index (χ1n) is 6.64.